The first kappa shape index (κ1) is 25.6. The molecule has 0 fully saturated rings. The molecule has 0 bridgehead atoms. The molecule has 4 aromatic heterocycles. The molecule has 11 aromatic rings. The summed E-state index contributed by atoms with van der Waals surface area (Å²) in [5.74, 6) is 0. The van der Waals surface area contributed by atoms with Crippen molar-refractivity contribution in [1.29, 1.82) is 0 Å². The van der Waals surface area contributed by atoms with Crippen LogP contribution in [0, 0.1) is 0 Å². The molecule has 220 valence electrons. The third kappa shape index (κ3) is 3.50. The Bertz CT molecular complexity index is 2930. The van der Waals surface area contributed by atoms with E-state index in [0.29, 0.717) is 0 Å². The molecule has 0 aliphatic carbocycles. The van der Waals surface area contributed by atoms with Crippen molar-refractivity contribution in [2.24, 2.45) is 0 Å². The fraction of sp³-hybridized carbons (Fsp3) is 0. The van der Waals surface area contributed by atoms with Gasteiger partial charge in [-0.05, 0) is 48.5 Å². The molecule has 0 spiro atoms. The highest BCUT2D eigenvalue weighted by Crippen LogP contribution is 2.50. The molecule has 5 heteroatoms. The van der Waals surface area contributed by atoms with Gasteiger partial charge in [0.05, 0.1) is 21.8 Å². The summed E-state index contributed by atoms with van der Waals surface area (Å²) in [7, 11) is 0. The Hall–Kier alpha value is -5.62. The number of hydrogen-bond acceptors (Lipinski definition) is 5. The molecular formula is C42H23NO2S2. The summed E-state index contributed by atoms with van der Waals surface area (Å²) in [5, 5.41) is 9.35. The summed E-state index contributed by atoms with van der Waals surface area (Å²) in [5.41, 5.74) is 6.57. The molecule has 0 unspecified atom stereocenters. The van der Waals surface area contributed by atoms with Crippen LogP contribution in [0.3, 0.4) is 0 Å². The second-order valence-corrected chi connectivity index (χ2v) is 14.1. The summed E-state index contributed by atoms with van der Waals surface area (Å²) in [6.45, 7) is 0. The minimum Gasteiger partial charge on any atom is -0.454 e. The Kier molecular flexibility index (Phi) is 5.14. The highest BCUT2D eigenvalue weighted by molar-refractivity contribution is 7.26. The molecule has 47 heavy (non-hydrogen) atoms. The number of furan rings is 2. The Balaban J connectivity index is 1.28. The van der Waals surface area contributed by atoms with Crippen molar-refractivity contribution in [2.45, 2.75) is 0 Å². The first-order valence-corrected chi connectivity index (χ1v) is 17.3. The maximum absolute atomic E-state index is 7.07. The van der Waals surface area contributed by atoms with E-state index in [1.807, 2.05) is 34.8 Å². The van der Waals surface area contributed by atoms with Gasteiger partial charge in [-0.1, -0.05) is 91.0 Å². The lowest BCUT2D eigenvalue weighted by atomic mass is 10.1. The number of benzene rings is 7. The van der Waals surface area contributed by atoms with E-state index in [1.165, 1.54) is 40.3 Å². The average Bonchev–Trinajstić information content (AvgIpc) is 3.88. The van der Waals surface area contributed by atoms with Crippen LogP contribution in [-0.4, -0.2) is 0 Å². The molecule has 0 amide bonds. The number of nitrogens with zero attached hydrogens (tertiary/aromatic N) is 1. The molecule has 0 aliphatic rings. The van der Waals surface area contributed by atoms with Crippen LogP contribution >= 0.6 is 22.7 Å². The van der Waals surface area contributed by atoms with E-state index < -0.39 is 0 Å². The number of rotatable bonds is 3. The van der Waals surface area contributed by atoms with Crippen LogP contribution in [0.25, 0.3) is 84.2 Å². The Labute approximate surface area is 276 Å². The first-order chi connectivity index (χ1) is 23.3. The van der Waals surface area contributed by atoms with Crippen LogP contribution in [-0.2, 0) is 0 Å². The summed E-state index contributed by atoms with van der Waals surface area (Å²) in [6, 6.07) is 49.7. The lowest BCUT2D eigenvalue weighted by molar-refractivity contribution is 0.667. The first-order valence-electron chi connectivity index (χ1n) is 15.7. The minimum atomic E-state index is 0.853. The Morgan fingerprint density at radius 1 is 0.362 bits per heavy atom. The number of para-hydroxylation sites is 3. The predicted molar refractivity (Wildman–Crippen MR) is 201 cm³/mol. The number of thiophene rings is 2. The maximum atomic E-state index is 7.07. The average molecular weight is 638 g/mol. The zero-order valence-electron chi connectivity index (χ0n) is 24.9. The second kappa shape index (κ2) is 9.46. The number of anilines is 3. The molecule has 0 radical (unpaired) electrons. The largest absolute Gasteiger partial charge is 0.454 e. The number of fused-ring (bicyclic) bond motifs is 13. The van der Waals surface area contributed by atoms with Gasteiger partial charge in [-0.25, -0.2) is 0 Å². The van der Waals surface area contributed by atoms with Crippen molar-refractivity contribution in [1.82, 2.24) is 0 Å². The molecule has 3 nitrogen and oxygen atoms in total. The van der Waals surface area contributed by atoms with E-state index in [2.05, 4.69) is 132 Å². The molecule has 0 atom stereocenters. The predicted octanol–water partition coefficient (Wildman–Crippen LogP) is 13.7. The lowest BCUT2D eigenvalue weighted by Crippen LogP contribution is -2.10. The van der Waals surface area contributed by atoms with Gasteiger partial charge >= 0.3 is 0 Å². The van der Waals surface area contributed by atoms with E-state index in [-0.39, 0.29) is 0 Å². The zero-order valence-corrected chi connectivity index (χ0v) is 26.5. The van der Waals surface area contributed by atoms with E-state index in [0.717, 1.165) is 60.9 Å². The van der Waals surface area contributed by atoms with Gasteiger partial charge in [-0.15, -0.1) is 22.7 Å². The molecule has 4 heterocycles. The van der Waals surface area contributed by atoms with E-state index in [1.54, 1.807) is 0 Å². The zero-order chi connectivity index (χ0) is 30.6. The monoisotopic (exact) mass is 637 g/mol. The van der Waals surface area contributed by atoms with Crippen molar-refractivity contribution in [3.63, 3.8) is 0 Å². The van der Waals surface area contributed by atoms with Gasteiger partial charge in [0.2, 0.25) is 0 Å². The van der Waals surface area contributed by atoms with E-state index in [9.17, 15) is 0 Å². The topological polar surface area (TPSA) is 29.5 Å². The van der Waals surface area contributed by atoms with Crippen LogP contribution in [0.1, 0.15) is 0 Å². The Morgan fingerprint density at radius 3 is 1.74 bits per heavy atom. The van der Waals surface area contributed by atoms with Gasteiger partial charge in [-0.3, -0.25) is 0 Å². The van der Waals surface area contributed by atoms with Crippen LogP contribution in [0.2, 0.25) is 0 Å². The lowest BCUT2D eigenvalue weighted by Gasteiger charge is -2.26. The van der Waals surface area contributed by atoms with Crippen molar-refractivity contribution < 1.29 is 8.83 Å². The molecule has 0 N–H and O–H groups in total. The van der Waals surface area contributed by atoms with Crippen molar-refractivity contribution in [2.75, 3.05) is 4.90 Å². The van der Waals surface area contributed by atoms with Crippen molar-refractivity contribution >= 4 is 124 Å². The fourth-order valence-electron chi connectivity index (χ4n) is 7.43. The van der Waals surface area contributed by atoms with E-state index >= 15 is 0 Å². The van der Waals surface area contributed by atoms with Gasteiger partial charge in [0.25, 0.3) is 0 Å². The molecule has 0 saturated carbocycles. The molecule has 0 saturated heterocycles. The van der Waals surface area contributed by atoms with E-state index in [4.69, 9.17) is 8.83 Å². The van der Waals surface area contributed by atoms with Crippen LogP contribution < -0.4 is 4.90 Å². The van der Waals surface area contributed by atoms with Gasteiger partial charge in [-0.2, -0.15) is 0 Å². The fourth-order valence-corrected chi connectivity index (χ4v) is 9.74. The highest BCUT2D eigenvalue weighted by Gasteiger charge is 2.26. The van der Waals surface area contributed by atoms with Crippen molar-refractivity contribution in [3.05, 3.63) is 140 Å². The third-order valence-electron chi connectivity index (χ3n) is 9.47. The van der Waals surface area contributed by atoms with Crippen LogP contribution in [0.5, 0.6) is 0 Å². The van der Waals surface area contributed by atoms with Crippen LogP contribution in [0.4, 0.5) is 17.1 Å². The quantitative estimate of drug-likeness (QED) is 0.193. The summed E-state index contributed by atoms with van der Waals surface area (Å²) in [4.78, 5) is 2.36. The summed E-state index contributed by atoms with van der Waals surface area (Å²) < 4.78 is 18.7. The second-order valence-electron chi connectivity index (χ2n) is 12.0. The summed E-state index contributed by atoms with van der Waals surface area (Å²) in [6.07, 6.45) is 0. The standard InChI is InChI=1S/C42H23NO2S2/c1-4-19-34-24(10-1)26-13-7-16-31(39(26)44-34)43(33-18-9-15-29-25-11-2-5-20-35(25)47-42(29)33)32-17-8-14-27-28-22-23-37-38(41(28)45-40(27)32)30-12-3-6-21-36(30)46-37/h1-23H. The van der Waals surface area contributed by atoms with Crippen molar-refractivity contribution in [3.8, 4) is 0 Å². The summed E-state index contributed by atoms with van der Waals surface area (Å²) >= 11 is 3.65. The molecule has 7 aromatic carbocycles. The highest BCUT2D eigenvalue weighted by atomic mass is 32.1. The molecule has 0 aliphatic heterocycles. The van der Waals surface area contributed by atoms with Gasteiger partial charge in [0, 0.05) is 57.2 Å². The van der Waals surface area contributed by atoms with Gasteiger partial charge in [0.1, 0.15) is 11.2 Å². The minimum absolute atomic E-state index is 0.853. The van der Waals surface area contributed by atoms with Gasteiger partial charge in [0.15, 0.2) is 11.2 Å². The van der Waals surface area contributed by atoms with Gasteiger partial charge < -0.3 is 13.7 Å². The third-order valence-corrected chi connectivity index (χ3v) is 11.8. The SMILES string of the molecule is c1ccc2c(c1)oc1c(N(c3cccc4c3oc3c4ccc4sc5ccccc5c43)c3cccc4c3sc3ccccc34)cccc12. The smallest absolute Gasteiger partial charge is 0.159 e. The molecule has 11 rings (SSSR count). The Morgan fingerprint density at radius 2 is 0.936 bits per heavy atom. The normalized spacial score (nSPS) is 12.3. The molecular weight excluding hydrogens is 615 g/mol. The van der Waals surface area contributed by atoms with Crippen LogP contribution in [0.15, 0.2) is 148 Å². The maximum Gasteiger partial charge on any atom is 0.159 e. The number of hydrogen-bond donors (Lipinski definition) is 0.